The molecule has 0 aliphatic rings. The van der Waals surface area contributed by atoms with E-state index in [1.807, 2.05) is 37.4 Å². The number of nitrogen functional groups attached to an aromatic ring is 1. The molecule has 3 heteroatoms. The Balaban J connectivity index is 2.27. The van der Waals surface area contributed by atoms with E-state index >= 15 is 0 Å². The molecule has 0 atom stereocenters. The number of nitrogens with two attached hydrogens (primary N) is 1. The van der Waals surface area contributed by atoms with Gasteiger partial charge in [-0.15, -0.1) is 0 Å². The lowest BCUT2D eigenvalue weighted by Gasteiger charge is -2.09. The molecule has 0 radical (unpaired) electrons. The first kappa shape index (κ1) is 10.5. The first-order chi connectivity index (χ1) is 7.65. The van der Waals surface area contributed by atoms with Crippen LogP contribution in [0.4, 0.5) is 17.1 Å². The van der Waals surface area contributed by atoms with Crippen molar-refractivity contribution in [1.82, 2.24) is 4.98 Å². The molecule has 1 aromatic carbocycles. The van der Waals surface area contributed by atoms with Crippen molar-refractivity contribution in [2.24, 2.45) is 0 Å². The van der Waals surface area contributed by atoms with Crippen molar-refractivity contribution in [3.05, 3.63) is 47.8 Å². The van der Waals surface area contributed by atoms with E-state index in [1.165, 1.54) is 5.56 Å². The van der Waals surface area contributed by atoms with Crippen molar-refractivity contribution in [1.29, 1.82) is 0 Å². The number of rotatable bonds is 2. The minimum atomic E-state index is 0.753. The van der Waals surface area contributed by atoms with Gasteiger partial charge in [0.05, 0.1) is 11.9 Å². The molecule has 2 rings (SSSR count). The van der Waals surface area contributed by atoms with E-state index < -0.39 is 0 Å². The molecular weight excluding hydrogens is 198 g/mol. The number of anilines is 3. The molecule has 0 spiro atoms. The Morgan fingerprint density at radius 1 is 1.19 bits per heavy atom. The first-order valence-electron chi connectivity index (χ1n) is 5.21. The number of nitrogens with one attached hydrogen (secondary N) is 1. The van der Waals surface area contributed by atoms with E-state index in [-0.39, 0.29) is 0 Å². The van der Waals surface area contributed by atoms with Crippen molar-refractivity contribution in [3.8, 4) is 0 Å². The summed E-state index contributed by atoms with van der Waals surface area (Å²) in [6.45, 7) is 4.04. The van der Waals surface area contributed by atoms with E-state index in [0.29, 0.717) is 0 Å². The fraction of sp³-hybridized carbons (Fsp3) is 0.154. The highest BCUT2D eigenvalue weighted by Crippen LogP contribution is 2.21. The van der Waals surface area contributed by atoms with Crippen LogP contribution in [-0.4, -0.2) is 4.98 Å². The molecule has 0 unspecified atom stereocenters. The third kappa shape index (κ3) is 2.31. The van der Waals surface area contributed by atoms with Gasteiger partial charge in [-0.1, -0.05) is 6.07 Å². The smallest absolute Gasteiger partial charge is 0.0600 e. The standard InChI is InChI=1S/C13H15N3/c1-9-6-10(2)15-8-13(9)16-12-5-3-4-11(14)7-12/h3-8,16H,14H2,1-2H3. The summed E-state index contributed by atoms with van der Waals surface area (Å²) in [6.07, 6.45) is 1.84. The van der Waals surface area contributed by atoms with Crippen LogP contribution in [-0.2, 0) is 0 Å². The number of pyridine rings is 1. The monoisotopic (exact) mass is 213 g/mol. The van der Waals surface area contributed by atoms with Gasteiger partial charge in [0, 0.05) is 17.1 Å². The summed E-state index contributed by atoms with van der Waals surface area (Å²) < 4.78 is 0. The molecule has 1 aromatic heterocycles. The minimum Gasteiger partial charge on any atom is -0.399 e. The van der Waals surface area contributed by atoms with Gasteiger partial charge < -0.3 is 11.1 Å². The Hall–Kier alpha value is -2.03. The highest BCUT2D eigenvalue weighted by Gasteiger charge is 2.00. The molecule has 0 saturated heterocycles. The zero-order valence-corrected chi connectivity index (χ0v) is 9.49. The summed E-state index contributed by atoms with van der Waals surface area (Å²) in [7, 11) is 0. The van der Waals surface area contributed by atoms with Gasteiger partial charge in [0.1, 0.15) is 0 Å². The molecule has 82 valence electrons. The van der Waals surface area contributed by atoms with Crippen molar-refractivity contribution in [2.45, 2.75) is 13.8 Å². The van der Waals surface area contributed by atoms with E-state index in [2.05, 4.69) is 23.3 Å². The Bertz CT molecular complexity index is 506. The van der Waals surface area contributed by atoms with Gasteiger partial charge in [-0.25, -0.2) is 0 Å². The van der Waals surface area contributed by atoms with Crippen LogP contribution in [0.2, 0.25) is 0 Å². The summed E-state index contributed by atoms with van der Waals surface area (Å²) >= 11 is 0. The van der Waals surface area contributed by atoms with E-state index in [9.17, 15) is 0 Å². The van der Waals surface area contributed by atoms with Gasteiger partial charge >= 0.3 is 0 Å². The topological polar surface area (TPSA) is 50.9 Å². The highest BCUT2D eigenvalue weighted by molar-refractivity contribution is 5.65. The van der Waals surface area contributed by atoms with Crippen molar-refractivity contribution >= 4 is 17.1 Å². The van der Waals surface area contributed by atoms with E-state index in [4.69, 9.17) is 5.73 Å². The zero-order chi connectivity index (χ0) is 11.5. The predicted octanol–water partition coefficient (Wildman–Crippen LogP) is 3.02. The largest absolute Gasteiger partial charge is 0.399 e. The Morgan fingerprint density at radius 3 is 2.69 bits per heavy atom. The van der Waals surface area contributed by atoms with Crippen LogP contribution < -0.4 is 11.1 Å². The first-order valence-corrected chi connectivity index (χ1v) is 5.21. The lowest BCUT2D eigenvalue weighted by atomic mass is 10.2. The van der Waals surface area contributed by atoms with Crippen LogP contribution in [0.3, 0.4) is 0 Å². The lowest BCUT2D eigenvalue weighted by molar-refractivity contribution is 1.18. The normalized spacial score (nSPS) is 10.1. The third-order valence-electron chi connectivity index (χ3n) is 2.41. The third-order valence-corrected chi connectivity index (χ3v) is 2.41. The quantitative estimate of drug-likeness (QED) is 0.754. The molecule has 0 fully saturated rings. The van der Waals surface area contributed by atoms with E-state index in [1.54, 1.807) is 0 Å². The van der Waals surface area contributed by atoms with Crippen molar-refractivity contribution in [3.63, 3.8) is 0 Å². The summed E-state index contributed by atoms with van der Waals surface area (Å²) in [5.74, 6) is 0. The SMILES string of the molecule is Cc1cc(C)c(Nc2cccc(N)c2)cn1. The minimum absolute atomic E-state index is 0.753. The van der Waals surface area contributed by atoms with Gasteiger partial charge in [0.25, 0.3) is 0 Å². The Labute approximate surface area is 95.3 Å². The second kappa shape index (κ2) is 4.23. The number of benzene rings is 1. The van der Waals surface area contributed by atoms with Gasteiger partial charge in [0.2, 0.25) is 0 Å². The number of aromatic nitrogens is 1. The molecule has 0 amide bonds. The molecule has 0 bridgehead atoms. The fourth-order valence-electron chi connectivity index (χ4n) is 1.60. The van der Waals surface area contributed by atoms with Crippen LogP contribution in [0.15, 0.2) is 36.5 Å². The lowest BCUT2D eigenvalue weighted by Crippen LogP contribution is -1.96. The maximum atomic E-state index is 5.72. The molecule has 3 nitrogen and oxygen atoms in total. The van der Waals surface area contributed by atoms with Gasteiger partial charge in [0.15, 0.2) is 0 Å². The van der Waals surface area contributed by atoms with Crippen LogP contribution in [0.25, 0.3) is 0 Å². The molecule has 3 N–H and O–H groups in total. The van der Waals surface area contributed by atoms with Crippen molar-refractivity contribution < 1.29 is 0 Å². The molecular formula is C13H15N3. The molecule has 1 heterocycles. The molecule has 0 aliphatic heterocycles. The number of hydrogen-bond donors (Lipinski definition) is 2. The number of hydrogen-bond acceptors (Lipinski definition) is 3. The maximum absolute atomic E-state index is 5.72. The summed E-state index contributed by atoms with van der Waals surface area (Å²) in [4.78, 5) is 4.26. The molecule has 0 aliphatic carbocycles. The fourth-order valence-corrected chi connectivity index (χ4v) is 1.60. The number of nitrogens with zero attached hydrogens (tertiary/aromatic N) is 1. The Morgan fingerprint density at radius 2 is 2.00 bits per heavy atom. The summed E-state index contributed by atoms with van der Waals surface area (Å²) in [5.41, 5.74) is 10.7. The average Bonchev–Trinajstić information content (AvgIpc) is 2.22. The van der Waals surface area contributed by atoms with Crippen molar-refractivity contribution in [2.75, 3.05) is 11.1 Å². The Kier molecular flexibility index (Phi) is 2.77. The maximum Gasteiger partial charge on any atom is 0.0600 e. The van der Waals surface area contributed by atoms with Crippen LogP contribution in [0.1, 0.15) is 11.3 Å². The second-order valence-corrected chi connectivity index (χ2v) is 3.89. The van der Waals surface area contributed by atoms with E-state index in [0.717, 1.165) is 22.8 Å². The summed E-state index contributed by atoms with van der Waals surface area (Å²) in [6, 6.07) is 9.73. The molecule has 0 saturated carbocycles. The van der Waals surface area contributed by atoms with Gasteiger partial charge in [-0.2, -0.15) is 0 Å². The van der Waals surface area contributed by atoms with Gasteiger partial charge in [-0.3, -0.25) is 4.98 Å². The molecule has 16 heavy (non-hydrogen) atoms. The van der Waals surface area contributed by atoms with Gasteiger partial charge in [-0.05, 0) is 43.7 Å². The summed E-state index contributed by atoms with van der Waals surface area (Å²) in [5, 5.41) is 3.30. The highest BCUT2D eigenvalue weighted by atomic mass is 14.9. The average molecular weight is 213 g/mol. The van der Waals surface area contributed by atoms with Crippen LogP contribution in [0, 0.1) is 13.8 Å². The van der Waals surface area contributed by atoms with Crippen LogP contribution >= 0.6 is 0 Å². The zero-order valence-electron chi connectivity index (χ0n) is 9.49. The predicted molar refractivity (Wildman–Crippen MR) is 67.8 cm³/mol. The second-order valence-electron chi connectivity index (χ2n) is 3.89. The molecule has 2 aromatic rings. The van der Waals surface area contributed by atoms with Crippen LogP contribution in [0.5, 0.6) is 0 Å². The number of aryl methyl sites for hydroxylation is 2.